The maximum atomic E-state index is 12.9. The highest BCUT2D eigenvalue weighted by Gasteiger charge is 2.24. The lowest BCUT2D eigenvalue weighted by atomic mass is 9.96. The molecule has 2 aromatic rings. The third-order valence-corrected chi connectivity index (χ3v) is 4.70. The first kappa shape index (κ1) is 17.6. The van der Waals surface area contributed by atoms with Crippen molar-refractivity contribution in [2.45, 2.75) is 38.7 Å². The Kier molecular flexibility index (Phi) is 5.49. The van der Waals surface area contributed by atoms with E-state index >= 15 is 0 Å². The highest BCUT2D eigenvalue weighted by Crippen LogP contribution is 2.21. The van der Waals surface area contributed by atoms with Crippen LogP contribution in [0.3, 0.4) is 0 Å². The monoisotopic (exact) mass is 336 g/mol. The van der Waals surface area contributed by atoms with Crippen LogP contribution in [0.25, 0.3) is 0 Å². The maximum absolute atomic E-state index is 12.9. The Bertz CT molecular complexity index is 665. The van der Waals surface area contributed by atoms with Crippen molar-refractivity contribution < 1.29 is 14.3 Å². The summed E-state index contributed by atoms with van der Waals surface area (Å²) in [5, 5.41) is 16.0. The minimum Gasteiger partial charge on any atom is -0.384 e. The van der Waals surface area contributed by atoms with Crippen molar-refractivity contribution in [1.29, 1.82) is 0 Å². The number of hydrogen-bond donors (Lipinski definition) is 2. The maximum Gasteiger partial charge on any atom is 0.226 e. The van der Waals surface area contributed by atoms with Crippen LogP contribution in [0.5, 0.6) is 0 Å². The average molecular weight is 336 g/mol. The van der Waals surface area contributed by atoms with Gasteiger partial charge in [-0.2, -0.15) is 0 Å². The van der Waals surface area contributed by atoms with Gasteiger partial charge in [0.05, 0.1) is 23.7 Å². The molecule has 0 bridgehead atoms. The van der Waals surface area contributed by atoms with E-state index in [-0.39, 0.29) is 24.7 Å². The molecule has 124 valence electrons. The molecule has 0 aliphatic rings. The molecule has 23 heavy (non-hydrogen) atoms. The second-order valence-corrected chi connectivity index (χ2v) is 6.96. The lowest BCUT2D eigenvalue weighted by Crippen LogP contribution is -2.39. The van der Waals surface area contributed by atoms with Gasteiger partial charge in [0.1, 0.15) is 11.4 Å². The van der Waals surface area contributed by atoms with E-state index in [4.69, 9.17) is 0 Å². The largest absolute Gasteiger partial charge is 0.384 e. The molecule has 0 spiro atoms. The second kappa shape index (κ2) is 7.19. The first-order valence-electron chi connectivity index (χ1n) is 7.47. The molecule has 1 heterocycles. The summed E-state index contributed by atoms with van der Waals surface area (Å²) >= 11 is 1.55. The molecule has 0 aliphatic carbocycles. The fourth-order valence-electron chi connectivity index (χ4n) is 2.08. The molecule has 1 unspecified atom stereocenters. The summed E-state index contributed by atoms with van der Waals surface area (Å²) < 4.78 is 12.9. The molecule has 0 fully saturated rings. The van der Waals surface area contributed by atoms with Gasteiger partial charge in [-0.15, -0.1) is 11.3 Å². The Morgan fingerprint density at radius 1 is 1.39 bits per heavy atom. The van der Waals surface area contributed by atoms with E-state index in [9.17, 15) is 14.3 Å². The predicted octanol–water partition coefficient (Wildman–Crippen LogP) is 2.97. The molecule has 1 aromatic carbocycles. The van der Waals surface area contributed by atoms with E-state index in [1.807, 2.05) is 5.38 Å². The molecule has 1 atom stereocenters. The lowest BCUT2D eigenvalue weighted by Gasteiger charge is -2.24. The molecule has 4 nitrogen and oxygen atoms in total. The number of nitrogens with one attached hydrogen (secondary N) is 1. The standard InChI is InChI=1S/C17H21FN2O2S/c1-11(2)16-20-14(9-23-16)8-15(21)19-10-17(3,22)12-4-6-13(18)7-5-12/h4-7,9,11,22H,8,10H2,1-3H3,(H,19,21). The zero-order valence-corrected chi connectivity index (χ0v) is 14.3. The van der Waals surface area contributed by atoms with Crippen LogP contribution in [-0.4, -0.2) is 22.5 Å². The SMILES string of the molecule is CC(C)c1nc(CC(=O)NCC(C)(O)c2ccc(F)cc2)cs1. The average Bonchev–Trinajstić information content (AvgIpc) is 2.94. The van der Waals surface area contributed by atoms with Crippen molar-refractivity contribution in [2.24, 2.45) is 0 Å². The summed E-state index contributed by atoms with van der Waals surface area (Å²) in [5.74, 6) is -0.220. The summed E-state index contributed by atoms with van der Waals surface area (Å²) in [6.07, 6.45) is 0.183. The van der Waals surface area contributed by atoms with Gasteiger partial charge in [0.2, 0.25) is 5.91 Å². The summed E-state index contributed by atoms with van der Waals surface area (Å²) in [4.78, 5) is 16.4. The Balaban J connectivity index is 1.91. The molecule has 0 aliphatic heterocycles. The number of aliphatic hydroxyl groups is 1. The van der Waals surface area contributed by atoms with Crippen LogP contribution in [0.1, 0.15) is 43.0 Å². The highest BCUT2D eigenvalue weighted by atomic mass is 32.1. The van der Waals surface area contributed by atoms with Gasteiger partial charge in [-0.3, -0.25) is 4.79 Å². The smallest absolute Gasteiger partial charge is 0.226 e. The van der Waals surface area contributed by atoms with E-state index in [2.05, 4.69) is 24.1 Å². The molecular weight excluding hydrogens is 315 g/mol. The van der Waals surface area contributed by atoms with Gasteiger partial charge in [-0.05, 0) is 24.6 Å². The van der Waals surface area contributed by atoms with Crippen molar-refractivity contribution in [3.8, 4) is 0 Å². The Morgan fingerprint density at radius 2 is 2.04 bits per heavy atom. The van der Waals surface area contributed by atoms with Crippen LogP contribution in [-0.2, 0) is 16.8 Å². The van der Waals surface area contributed by atoms with Gasteiger partial charge in [-0.25, -0.2) is 9.37 Å². The summed E-state index contributed by atoms with van der Waals surface area (Å²) in [5.41, 5.74) is 0.0294. The van der Waals surface area contributed by atoms with E-state index in [1.165, 1.54) is 24.3 Å². The van der Waals surface area contributed by atoms with E-state index in [0.717, 1.165) is 10.7 Å². The van der Waals surface area contributed by atoms with E-state index < -0.39 is 5.60 Å². The Hall–Kier alpha value is -1.79. The van der Waals surface area contributed by atoms with Gasteiger partial charge in [-0.1, -0.05) is 26.0 Å². The first-order valence-corrected chi connectivity index (χ1v) is 8.35. The minimum absolute atomic E-state index is 0.0542. The number of thiazole rings is 1. The van der Waals surface area contributed by atoms with Gasteiger partial charge < -0.3 is 10.4 Å². The van der Waals surface area contributed by atoms with Gasteiger partial charge in [0, 0.05) is 11.3 Å². The zero-order chi connectivity index (χ0) is 17.0. The second-order valence-electron chi connectivity index (χ2n) is 6.07. The third kappa shape index (κ3) is 4.84. The van der Waals surface area contributed by atoms with Crippen LogP contribution >= 0.6 is 11.3 Å². The number of carbonyl (C=O) groups is 1. The minimum atomic E-state index is -1.26. The van der Waals surface area contributed by atoms with Crippen molar-refractivity contribution in [3.63, 3.8) is 0 Å². The summed E-state index contributed by atoms with van der Waals surface area (Å²) in [6.45, 7) is 5.75. The molecule has 2 rings (SSSR count). The van der Waals surface area contributed by atoms with Crippen molar-refractivity contribution in [1.82, 2.24) is 10.3 Å². The highest BCUT2D eigenvalue weighted by molar-refractivity contribution is 7.09. The number of benzene rings is 1. The molecule has 1 amide bonds. The molecule has 0 saturated carbocycles. The third-order valence-electron chi connectivity index (χ3n) is 3.50. The number of halogens is 1. The topological polar surface area (TPSA) is 62.2 Å². The Morgan fingerprint density at radius 3 is 2.61 bits per heavy atom. The van der Waals surface area contributed by atoms with Crippen molar-refractivity contribution in [2.75, 3.05) is 6.54 Å². The van der Waals surface area contributed by atoms with Crippen LogP contribution < -0.4 is 5.32 Å². The zero-order valence-electron chi connectivity index (χ0n) is 13.5. The quantitative estimate of drug-likeness (QED) is 0.852. The summed E-state index contributed by atoms with van der Waals surface area (Å²) in [6, 6.07) is 5.59. The van der Waals surface area contributed by atoms with E-state index in [1.54, 1.807) is 18.3 Å². The fourth-order valence-corrected chi connectivity index (χ4v) is 2.91. The van der Waals surface area contributed by atoms with Gasteiger partial charge in [0.25, 0.3) is 0 Å². The van der Waals surface area contributed by atoms with Crippen LogP contribution in [0, 0.1) is 5.82 Å². The number of amides is 1. The molecule has 1 aromatic heterocycles. The van der Waals surface area contributed by atoms with Crippen LogP contribution in [0.15, 0.2) is 29.6 Å². The van der Waals surface area contributed by atoms with Crippen molar-refractivity contribution >= 4 is 17.2 Å². The number of rotatable bonds is 6. The predicted molar refractivity (Wildman–Crippen MR) is 88.9 cm³/mol. The van der Waals surface area contributed by atoms with Crippen LogP contribution in [0.4, 0.5) is 4.39 Å². The normalized spacial score (nSPS) is 13.8. The number of carbonyl (C=O) groups excluding carboxylic acids is 1. The molecule has 0 saturated heterocycles. The van der Waals surface area contributed by atoms with Crippen molar-refractivity contribution in [3.05, 3.63) is 51.7 Å². The lowest BCUT2D eigenvalue weighted by molar-refractivity contribution is -0.121. The van der Waals surface area contributed by atoms with Crippen LogP contribution in [0.2, 0.25) is 0 Å². The number of aromatic nitrogens is 1. The molecule has 2 N–H and O–H groups in total. The fraction of sp³-hybridized carbons (Fsp3) is 0.412. The van der Waals surface area contributed by atoms with Gasteiger partial charge in [0.15, 0.2) is 0 Å². The number of hydrogen-bond acceptors (Lipinski definition) is 4. The summed E-state index contributed by atoms with van der Waals surface area (Å²) in [7, 11) is 0. The first-order chi connectivity index (χ1) is 10.8. The molecule has 0 radical (unpaired) electrons. The number of nitrogens with zero attached hydrogens (tertiary/aromatic N) is 1. The van der Waals surface area contributed by atoms with Gasteiger partial charge >= 0.3 is 0 Å². The van der Waals surface area contributed by atoms with E-state index in [0.29, 0.717) is 11.5 Å². The Labute approximate surface area is 139 Å². The molecular formula is C17H21FN2O2S. The molecule has 6 heteroatoms.